The van der Waals surface area contributed by atoms with Crippen molar-refractivity contribution in [3.63, 3.8) is 0 Å². The van der Waals surface area contributed by atoms with Gasteiger partial charge in [-0.2, -0.15) is 10.4 Å². The highest BCUT2D eigenvalue weighted by molar-refractivity contribution is 5.74. The molecule has 0 bridgehead atoms. The molecule has 102 valence electrons. The molecule has 0 unspecified atom stereocenters. The lowest BCUT2D eigenvalue weighted by Gasteiger charge is -2.04. The molecular formula is C18H15N3. The van der Waals surface area contributed by atoms with Crippen LogP contribution in [-0.4, -0.2) is 10.2 Å². The van der Waals surface area contributed by atoms with E-state index in [9.17, 15) is 0 Å². The average molecular weight is 273 g/mol. The van der Waals surface area contributed by atoms with E-state index in [4.69, 9.17) is 5.26 Å². The number of rotatable bonds is 3. The van der Waals surface area contributed by atoms with Crippen molar-refractivity contribution in [2.24, 2.45) is 0 Å². The summed E-state index contributed by atoms with van der Waals surface area (Å²) in [7, 11) is 0. The number of hydrogen-bond acceptors (Lipinski definition) is 2. The molecule has 1 heterocycles. The number of benzene rings is 2. The first kappa shape index (κ1) is 13.1. The topological polar surface area (TPSA) is 52.5 Å². The minimum absolute atomic E-state index is 0.666. The third kappa shape index (κ3) is 2.44. The zero-order chi connectivity index (χ0) is 14.7. The second kappa shape index (κ2) is 5.64. The average Bonchev–Trinajstić information content (AvgIpc) is 2.99. The van der Waals surface area contributed by atoms with Gasteiger partial charge in [0.05, 0.1) is 23.0 Å². The molecular weight excluding hydrogens is 258 g/mol. The maximum absolute atomic E-state index is 8.88. The van der Waals surface area contributed by atoms with Crippen molar-refractivity contribution in [3.8, 4) is 28.6 Å². The second-order valence-corrected chi connectivity index (χ2v) is 4.83. The molecule has 0 saturated heterocycles. The summed E-state index contributed by atoms with van der Waals surface area (Å²) in [5, 5.41) is 16.5. The van der Waals surface area contributed by atoms with Crippen molar-refractivity contribution in [1.29, 1.82) is 5.26 Å². The molecule has 0 atom stereocenters. The van der Waals surface area contributed by atoms with Crippen molar-refractivity contribution < 1.29 is 0 Å². The van der Waals surface area contributed by atoms with Crippen LogP contribution >= 0.6 is 0 Å². The van der Waals surface area contributed by atoms with Crippen LogP contribution in [0.3, 0.4) is 0 Å². The van der Waals surface area contributed by atoms with E-state index in [1.165, 1.54) is 5.56 Å². The molecule has 0 aliphatic carbocycles. The van der Waals surface area contributed by atoms with Crippen molar-refractivity contribution in [3.05, 3.63) is 65.7 Å². The SMILES string of the molecule is CCc1c(-c2ccccc2)n[nH]c1-c1ccc(C#N)cc1. The Hall–Kier alpha value is -2.86. The van der Waals surface area contributed by atoms with E-state index in [0.717, 1.165) is 28.9 Å². The van der Waals surface area contributed by atoms with Gasteiger partial charge >= 0.3 is 0 Å². The third-order valence-corrected chi connectivity index (χ3v) is 3.57. The summed E-state index contributed by atoms with van der Waals surface area (Å²) < 4.78 is 0. The molecule has 0 fully saturated rings. The van der Waals surface area contributed by atoms with Gasteiger partial charge in [0.15, 0.2) is 0 Å². The Bertz CT molecular complexity index is 778. The lowest BCUT2D eigenvalue weighted by Crippen LogP contribution is -1.87. The van der Waals surface area contributed by atoms with Gasteiger partial charge in [0.1, 0.15) is 0 Å². The number of aromatic nitrogens is 2. The summed E-state index contributed by atoms with van der Waals surface area (Å²) in [5.74, 6) is 0. The summed E-state index contributed by atoms with van der Waals surface area (Å²) in [4.78, 5) is 0. The molecule has 3 aromatic rings. The third-order valence-electron chi connectivity index (χ3n) is 3.57. The summed E-state index contributed by atoms with van der Waals surface area (Å²) in [6.07, 6.45) is 0.899. The Kier molecular flexibility index (Phi) is 3.53. The first-order valence-electron chi connectivity index (χ1n) is 6.96. The van der Waals surface area contributed by atoms with E-state index >= 15 is 0 Å². The summed E-state index contributed by atoms with van der Waals surface area (Å²) in [6, 6.07) is 19.9. The van der Waals surface area contributed by atoms with Crippen LogP contribution in [0.25, 0.3) is 22.5 Å². The number of H-pyrrole nitrogens is 1. The fourth-order valence-corrected chi connectivity index (χ4v) is 2.49. The van der Waals surface area contributed by atoms with E-state index in [1.54, 1.807) is 0 Å². The zero-order valence-corrected chi connectivity index (χ0v) is 11.8. The van der Waals surface area contributed by atoms with Crippen LogP contribution in [0.15, 0.2) is 54.6 Å². The molecule has 1 aromatic heterocycles. The van der Waals surface area contributed by atoms with E-state index < -0.39 is 0 Å². The molecule has 0 aliphatic rings. The van der Waals surface area contributed by atoms with Crippen LogP contribution in [0.1, 0.15) is 18.1 Å². The van der Waals surface area contributed by atoms with Crippen LogP contribution in [0.4, 0.5) is 0 Å². The van der Waals surface area contributed by atoms with E-state index in [-0.39, 0.29) is 0 Å². The minimum atomic E-state index is 0.666. The van der Waals surface area contributed by atoms with Crippen LogP contribution in [-0.2, 0) is 6.42 Å². The van der Waals surface area contributed by atoms with Gasteiger partial charge in [-0.1, -0.05) is 49.4 Å². The molecule has 21 heavy (non-hydrogen) atoms. The Morgan fingerprint density at radius 3 is 2.33 bits per heavy atom. The largest absolute Gasteiger partial charge is 0.277 e. The highest BCUT2D eigenvalue weighted by Crippen LogP contribution is 2.30. The van der Waals surface area contributed by atoms with E-state index in [1.807, 2.05) is 42.5 Å². The fraction of sp³-hybridized carbons (Fsp3) is 0.111. The maximum atomic E-state index is 8.88. The predicted molar refractivity (Wildman–Crippen MR) is 83.6 cm³/mol. The smallest absolute Gasteiger partial charge is 0.0991 e. The standard InChI is InChI=1S/C18H15N3/c1-2-16-17(14-6-4-3-5-7-14)20-21-18(16)15-10-8-13(12-19)9-11-15/h3-11H,2H2,1H3,(H,20,21). The molecule has 0 saturated carbocycles. The van der Waals surface area contributed by atoms with Crippen LogP contribution in [0, 0.1) is 11.3 Å². The Morgan fingerprint density at radius 1 is 1.00 bits per heavy atom. The van der Waals surface area contributed by atoms with Gasteiger partial charge < -0.3 is 0 Å². The summed E-state index contributed by atoms with van der Waals surface area (Å²) in [6.45, 7) is 2.13. The lowest BCUT2D eigenvalue weighted by molar-refractivity contribution is 1.10. The van der Waals surface area contributed by atoms with Crippen molar-refractivity contribution >= 4 is 0 Å². The molecule has 0 radical (unpaired) electrons. The predicted octanol–water partition coefficient (Wildman–Crippen LogP) is 4.18. The monoisotopic (exact) mass is 273 g/mol. The van der Waals surface area contributed by atoms with Gasteiger partial charge in [-0.05, 0) is 24.1 Å². The molecule has 2 aromatic carbocycles. The van der Waals surface area contributed by atoms with Crippen LogP contribution in [0.5, 0.6) is 0 Å². The number of aromatic amines is 1. The Morgan fingerprint density at radius 2 is 1.71 bits per heavy atom. The van der Waals surface area contributed by atoms with Gasteiger partial charge in [-0.3, -0.25) is 5.10 Å². The summed E-state index contributed by atoms with van der Waals surface area (Å²) >= 11 is 0. The number of nitriles is 1. The molecule has 3 rings (SSSR count). The Labute approximate surface area is 123 Å². The normalized spacial score (nSPS) is 10.3. The van der Waals surface area contributed by atoms with Gasteiger partial charge in [0.25, 0.3) is 0 Å². The highest BCUT2D eigenvalue weighted by Gasteiger charge is 2.14. The fourth-order valence-electron chi connectivity index (χ4n) is 2.49. The first-order valence-corrected chi connectivity index (χ1v) is 6.96. The van der Waals surface area contributed by atoms with Gasteiger partial charge in [0, 0.05) is 11.1 Å². The number of nitrogens with one attached hydrogen (secondary N) is 1. The summed E-state index contributed by atoms with van der Waals surface area (Å²) in [5.41, 5.74) is 6.06. The quantitative estimate of drug-likeness (QED) is 0.778. The van der Waals surface area contributed by atoms with Gasteiger partial charge in [-0.25, -0.2) is 0 Å². The van der Waals surface area contributed by atoms with Crippen molar-refractivity contribution in [1.82, 2.24) is 10.2 Å². The van der Waals surface area contributed by atoms with Crippen molar-refractivity contribution in [2.45, 2.75) is 13.3 Å². The molecule has 0 spiro atoms. The maximum Gasteiger partial charge on any atom is 0.0991 e. The zero-order valence-electron chi connectivity index (χ0n) is 11.8. The number of hydrogen-bond donors (Lipinski definition) is 1. The molecule has 0 aliphatic heterocycles. The molecule has 0 amide bonds. The van der Waals surface area contributed by atoms with E-state index in [0.29, 0.717) is 5.56 Å². The second-order valence-electron chi connectivity index (χ2n) is 4.83. The van der Waals surface area contributed by atoms with E-state index in [2.05, 4.69) is 35.3 Å². The van der Waals surface area contributed by atoms with Gasteiger partial charge in [0.2, 0.25) is 0 Å². The number of nitrogens with zero attached hydrogens (tertiary/aromatic N) is 2. The van der Waals surface area contributed by atoms with Gasteiger partial charge in [-0.15, -0.1) is 0 Å². The minimum Gasteiger partial charge on any atom is -0.277 e. The van der Waals surface area contributed by atoms with Crippen LogP contribution in [0.2, 0.25) is 0 Å². The lowest BCUT2D eigenvalue weighted by atomic mass is 9.99. The van der Waals surface area contributed by atoms with Crippen LogP contribution < -0.4 is 0 Å². The molecule has 3 heteroatoms. The molecule has 3 nitrogen and oxygen atoms in total. The molecule has 1 N–H and O–H groups in total. The first-order chi connectivity index (χ1) is 10.3. The Balaban J connectivity index is 2.08. The van der Waals surface area contributed by atoms with Crippen molar-refractivity contribution in [2.75, 3.05) is 0 Å². The highest BCUT2D eigenvalue weighted by atomic mass is 15.1.